The molecule has 0 radical (unpaired) electrons. The molecular formula is C22H29BrO2. The molecule has 0 aliphatic heterocycles. The summed E-state index contributed by atoms with van der Waals surface area (Å²) in [5.74, 6) is 3.98. The van der Waals surface area contributed by atoms with E-state index in [1.54, 1.807) is 7.11 Å². The second-order valence-corrected chi connectivity index (χ2v) is 9.45. The lowest BCUT2D eigenvalue weighted by Gasteiger charge is -2.52. The van der Waals surface area contributed by atoms with E-state index in [0.29, 0.717) is 29.5 Å². The van der Waals surface area contributed by atoms with Gasteiger partial charge in [-0.15, -0.1) is 0 Å². The van der Waals surface area contributed by atoms with Crippen molar-refractivity contribution in [3.05, 3.63) is 29.3 Å². The molecule has 2 saturated carbocycles. The van der Waals surface area contributed by atoms with E-state index >= 15 is 0 Å². The Morgan fingerprint density at radius 2 is 2.12 bits per heavy atom. The zero-order chi connectivity index (χ0) is 17.8. The van der Waals surface area contributed by atoms with Crippen molar-refractivity contribution in [2.45, 2.75) is 63.1 Å². The van der Waals surface area contributed by atoms with Crippen molar-refractivity contribution in [2.24, 2.45) is 23.2 Å². The van der Waals surface area contributed by atoms with Crippen molar-refractivity contribution in [3.8, 4) is 5.75 Å². The Bertz CT molecular complexity index is 685. The fourth-order valence-electron chi connectivity index (χ4n) is 6.49. The molecule has 0 spiro atoms. The van der Waals surface area contributed by atoms with Crippen molar-refractivity contribution in [1.29, 1.82) is 0 Å². The third kappa shape index (κ3) is 2.44. The number of halogens is 1. The second kappa shape index (κ2) is 6.40. The van der Waals surface area contributed by atoms with Gasteiger partial charge in [0.1, 0.15) is 5.75 Å². The maximum Gasteiger partial charge on any atom is 0.152 e. The Balaban J connectivity index is 1.78. The van der Waals surface area contributed by atoms with E-state index in [9.17, 15) is 4.79 Å². The number of ketones is 1. The van der Waals surface area contributed by atoms with E-state index < -0.39 is 0 Å². The number of methoxy groups -OCH3 is 1. The van der Waals surface area contributed by atoms with Crippen molar-refractivity contribution >= 4 is 21.7 Å². The van der Waals surface area contributed by atoms with Crippen molar-refractivity contribution < 1.29 is 9.53 Å². The van der Waals surface area contributed by atoms with Gasteiger partial charge in [0.15, 0.2) is 5.78 Å². The van der Waals surface area contributed by atoms with Crippen molar-refractivity contribution in [2.75, 3.05) is 7.11 Å². The molecule has 3 heteroatoms. The molecule has 25 heavy (non-hydrogen) atoms. The summed E-state index contributed by atoms with van der Waals surface area (Å²) >= 11 is 3.71. The Hall–Kier alpha value is -0.830. The number of Topliss-reactive ketones (excluding diaryl/α,β-unsaturated/α-hetero) is 1. The molecule has 2 fully saturated rings. The minimum Gasteiger partial charge on any atom is -0.497 e. The minimum absolute atomic E-state index is 0.0628. The third-order valence-corrected chi connectivity index (χ3v) is 8.50. The average molecular weight is 405 g/mol. The molecule has 3 aliphatic rings. The lowest BCUT2D eigenvalue weighted by Crippen LogP contribution is -2.47. The number of alkyl halides is 1. The number of hydrogen-bond acceptors (Lipinski definition) is 2. The van der Waals surface area contributed by atoms with Crippen LogP contribution in [0.25, 0.3) is 0 Å². The van der Waals surface area contributed by atoms with Crippen molar-refractivity contribution in [3.63, 3.8) is 0 Å². The van der Waals surface area contributed by atoms with E-state index in [4.69, 9.17) is 4.74 Å². The summed E-state index contributed by atoms with van der Waals surface area (Å²) in [4.78, 5) is 13.1. The Morgan fingerprint density at radius 1 is 1.32 bits per heavy atom. The molecular weight excluding hydrogens is 376 g/mol. The zero-order valence-corrected chi connectivity index (χ0v) is 17.1. The Labute approximate surface area is 159 Å². The largest absolute Gasteiger partial charge is 0.497 e. The first-order valence-corrected chi connectivity index (χ1v) is 10.8. The van der Waals surface area contributed by atoms with Gasteiger partial charge < -0.3 is 4.74 Å². The van der Waals surface area contributed by atoms with Gasteiger partial charge >= 0.3 is 0 Å². The lowest BCUT2D eigenvalue weighted by molar-refractivity contribution is -0.131. The van der Waals surface area contributed by atoms with Crippen LogP contribution in [0.1, 0.15) is 63.0 Å². The maximum atomic E-state index is 13.0. The standard InChI is InChI=1S/C22H29BrO2/c1-4-13-10-14-11-15(25-3)6-7-16(14)17-8-9-22(5-2)18(20(13)17)12-19(23)21(22)24/h6-7,11,13,17-20H,4-5,8-10,12H2,1-3H3/t13-,17-,18+,19+,20-,22+/m1/s1. The fourth-order valence-corrected chi connectivity index (χ4v) is 7.34. The third-order valence-electron chi connectivity index (χ3n) is 7.71. The second-order valence-electron chi connectivity index (χ2n) is 8.34. The highest BCUT2D eigenvalue weighted by atomic mass is 79.9. The first kappa shape index (κ1) is 17.6. The predicted molar refractivity (Wildman–Crippen MR) is 104 cm³/mol. The van der Waals surface area contributed by atoms with Crippen LogP contribution in [-0.4, -0.2) is 17.7 Å². The zero-order valence-electron chi connectivity index (χ0n) is 15.6. The van der Waals surface area contributed by atoms with Gasteiger partial charge in [0.05, 0.1) is 11.9 Å². The van der Waals surface area contributed by atoms with Crippen LogP contribution < -0.4 is 4.74 Å². The summed E-state index contributed by atoms with van der Waals surface area (Å²) in [6.45, 7) is 4.57. The first-order valence-electron chi connectivity index (χ1n) is 9.90. The number of rotatable bonds is 3. The van der Waals surface area contributed by atoms with Gasteiger partial charge in [-0.25, -0.2) is 0 Å². The first-order chi connectivity index (χ1) is 12.1. The molecule has 0 saturated heterocycles. The molecule has 4 rings (SSSR count). The molecule has 6 atom stereocenters. The van der Waals surface area contributed by atoms with Crippen LogP contribution in [0.4, 0.5) is 0 Å². The smallest absolute Gasteiger partial charge is 0.152 e. The van der Waals surface area contributed by atoms with E-state index in [-0.39, 0.29) is 10.2 Å². The highest BCUT2D eigenvalue weighted by Crippen LogP contribution is 2.63. The lowest BCUT2D eigenvalue weighted by atomic mass is 9.51. The summed E-state index contributed by atoms with van der Waals surface area (Å²) in [7, 11) is 1.75. The number of carbonyl (C=O) groups excluding carboxylic acids is 1. The Morgan fingerprint density at radius 3 is 2.80 bits per heavy atom. The van der Waals surface area contributed by atoms with Gasteiger partial charge in [0, 0.05) is 5.41 Å². The number of ether oxygens (including phenoxy) is 1. The van der Waals surface area contributed by atoms with Gasteiger partial charge in [-0.3, -0.25) is 4.79 Å². The van der Waals surface area contributed by atoms with Crippen LogP contribution in [0, 0.1) is 23.2 Å². The van der Waals surface area contributed by atoms with E-state index in [0.717, 1.165) is 37.9 Å². The maximum absolute atomic E-state index is 13.0. The molecule has 0 unspecified atom stereocenters. The van der Waals surface area contributed by atoms with E-state index in [1.165, 1.54) is 17.5 Å². The normalized spacial score (nSPS) is 39.5. The van der Waals surface area contributed by atoms with Gasteiger partial charge in [0.2, 0.25) is 0 Å². The van der Waals surface area contributed by atoms with Crippen LogP contribution in [0.2, 0.25) is 0 Å². The molecule has 0 amide bonds. The van der Waals surface area contributed by atoms with Crippen LogP contribution in [-0.2, 0) is 11.2 Å². The molecule has 136 valence electrons. The molecule has 1 aromatic rings. The van der Waals surface area contributed by atoms with E-state index in [1.807, 2.05) is 0 Å². The summed E-state index contributed by atoms with van der Waals surface area (Å²) < 4.78 is 5.47. The highest BCUT2D eigenvalue weighted by molar-refractivity contribution is 9.10. The summed E-state index contributed by atoms with van der Waals surface area (Å²) in [5, 5.41) is 0. The summed E-state index contributed by atoms with van der Waals surface area (Å²) in [5.41, 5.74) is 2.95. The molecule has 2 nitrogen and oxygen atoms in total. The summed E-state index contributed by atoms with van der Waals surface area (Å²) in [6, 6.07) is 6.68. The van der Waals surface area contributed by atoms with Crippen LogP contribution in [0.15, 0.2) is 18.2 Å². The highest BCUT2D eigenvalue weighted by Gasteiger charge is 2.60. The minimum atomic E-state index is -0.0628. The molecule has 3 aliphatic carbocycles. The number of fused-ring (bicyclic) bond motifs is 5. The van der Waals surface area contributed by atoms with Crippen molar-refractivity contribution in [1.82, 2.24) is 0 Å². The molecule has 0 bridgehead atoms. The van der Waals surface area contributed by atoms with Gasteiger partial charge in [0.25, 0.3) is 0 Å². The average Bonchev–Trinajstić information content (AvgIpc) is 2.91. The molecule has 0 heterocycles. The fraction of sp³-hybridized carbons (Fsp3) is 0.682. The Kier molecular flexibility index (Phi) is 4.50. The topological polar surface area (TPSA) is 26.3 Å². The van der Waals surface area contributed by atoms with E-state index in [2.05, 4.69) is 48.0 Å². The quantitative estimate of drug-likeness (QED) is 0.619. The number of carbonyl (C=O) groups is 1. The monoisotopic (exact) mass is 404 g/mol. The van der Waals surface area contributed by atoms with Gasteiger partial charge in [-0.2, -0.15) is 0 Å². The predicted octanol–water partition coefficient (Wildman–Crippen LogP) is 5.52. The van der Waals surface area contributed by atoms with Crippen LogP contribution in [0.3, 0.4) is 0 Å². The summed E-state index contributed by atoms with van der Waals surface area (Å²) in [6.07, 6.45) is 6.62. The molecule has 0 aromatic heterocycles. The SMILES string of the molecule is CC[C@@H]1Cc2cc(OC)ccc2[C@H]2CC[C@]3(CC)C(=O)[C@@H](Br)C[C@H]3[C@H]12. The van der Waals surface area contributed by atoms with Crippen LogP contribution >= 0.6 is 15.9 Å². The molecule has 0 N–H and O–H groups in total. The number of benzene rings is 1. The van der Waals surface area contributed by atoms with Crippen LogP contribution in [0.5, 0.6) is 5.75 Å². The number of hydrogen-bond donors (Lipinski definition) is 0. The van der Waals surface area contributed by atoms with Gasteiger partial charge in [-0.05, 0) is 79.0 Å². The molecule has 1 aromatic carbocycles. The van der Waals surface area contributed by atoms with Gasteiger partial charge in [-0.1, -0.05) is 42.3 Å².